The SMILES string of the molecule is COC1=CC(=O)C(=O)C2=C1OC(C)(C)[C@@H](Cl)C2. The first kappa shape index (κ1) is 12.2. The molecule has 5 heteroatoms. The molecule has 0 N–H and O–H groups in total. The van der Waals surface area contributed by atoms with Crippen LogP contribution in [0.4, 0.5) is 0 Å². The first-order chi connectivity index (χ1) is 7.86. The van der Waals surface area contributed by atoms with Crippen molar-refractivity contribution in [3.8, 4) is 0 Å². The number of Topliss-reactive ketones (excluding diaryl/α,β-unsaturated/α-hetero) is 1. The maximum Gasteiger partial charge on any atom is 0.232 e. The first-order valence-corrected chi connectivity index (χ1v) is 5.71. The molecule has 0 saturated carbocycles. The zero-order valence-electron chi connectivity index (χ0n) is 9.87. The molecule has 1 atom stereocenters. The van der Waals surface area contributed by atoms with Gasteiger partial charge in [0.05, 0.1) is 18.1 Å². The third-order valence-electron chi connectivity index (χ3n) is 2.98. The summed E-state index contributed by atoms with van der Waals surface area (Å²) < 4.78 is 10.8. The van der Waals surface area contributed by atoms with E-state index in [2.05, 4.69) is 0 Å². The highest BCUT2D eigenvalue weighted by Crippen LogP contribution is 2.39. The topological polar surface area (TPSA) is 52.6 Å². The largest absolute Gasteiger partial charge is 0.493 e. The van der Waals surface area contributed by atoms with E-state index in [0.29, 0.717) is 23.5 Å². The lowest BCUT2D eigenvalue weighted by Crippen LogP contribution is -2.42. The zero-order chi connectivity index (χ0) is 12.8. The molecule has 0 saturated heterocycles. The Morgan fingerprint density at radius 2 is 2.12 bits per heavy atom. The van der Waals surface area contributed by atoms with Gasteiger partial charge in [-0.25, -0.2) is 0 Å². The highest BCUT2D eigenvalue weighted by molar-refractivity contribution is 6.48. The molecular formula is C12H13ClO4. The summed E-state index contributed by atoms with van der Waals surface area (Å²) >= 11 is 6.15. The minimum atomic E-state index is -0.599. The second-order valence-corrected chi connectivity index (χ2v) is 5.12. The van der Waals surface area contributed by atoms with Crippen LogP contribution in [0.25, 0.3) is 0 Å². The van der Waals surface area contributed by atoms with Crippen LogP contribution in [0.5, 0.6) is 0 Å². The van der Waals surface area contributed by atoms with Crippen LogP contribution in [0.15, 0.2) is 23.2 Å². The third kappa shape index (κ3) is 1.86. The number of methoxy groups -OCH3 is 1. The molecule has 0 fully saturated rings. The fraction of sp³-hybridized carbons (Fsp3) is 0.500. The highest BCUT2D eigenvalue weighted by Gasteiger charge is 2.43. The van der Waals surface area contributed by atoms with Gasteiger partial charge >= 0.3 is 0 Å². The van der Waals surface area contributed by atoms with Gasteiger partial charge in [0.1, 0.15) is 5.60 Å². The van der Waals surface area contributed by atoms with Crippen molar-refractivity contribution in [2.75, 3.05) is 7.11 Å². The Morgan fingerprint density at radius 1 is 1.47 bits per heavy atom. The summed E-state index contributed by atoms with van der Waals surface area (Å²) in [7, 11) is 1.43. The Bertz CT molecular complexity index is 459. The molecule has 0 aromatic carbocycles. The number of rotatable bonds is 1. The van der Waals surface area contributed by atoms with Crippen LogP contribution in [0.1, 0.15) is 20.3 Å². The lowest BCUT2D eigenvalue weighted by Gasteiger charge is -2.38. The normalized spacial score (nSPS) is 27.3. The Kier molecular flexibility index (Phi) is 2.78. The molecule has 2 aliphatic rings. The smallest absolute Gasteiger partial charge is 0.232 e. The fourth-order valence-corrected chi connectivity index (χ4v) is 2.05. The van der Waals surface area contributed by atoms with Crippen molar-refractivity contribution in [3.63, 3.8) is 0 Å². The average Bonchev–Trinajstić information content (AvgIpc) is 2.26. The quantitative estimate of drug-likeness (QED) is 0.407. The van der Waals surface area contributed by atoms with Crippen molar-refractivity contribution < 1.29 is 19.1 Å². The van der Waals surface area contributed by atoms with Crippen LogP contribution in [-0.2, 0) is 19.1 Å². The van der Waals surface area contributed by atoms with Crippen molar-refractivity contribution in [1.82, 2.24) is 0 Å². The first-order valence-electron chi connectivity index (χ1n) is 5.27. The van der Waals surface area contributed by atoms with Crippen molar-refractivity contribution in [2.45, 2.75) is 31.2 Å². The molecule has 1 aliphatic carbocycles. The van der Waals surface area contributed by atoms with Gasteiger partial charge in [0.2, 0.25) is 11.6 Å². The van der Waals surface area contributed by atoms with Gasteiger partial charge in [-0.05, 0) is 13.8 Å². The number of carbonyl (C=O) groups excluding carboxylic acids is 2. The molecule has 2 rings (SSSR count). The molecule has 0 aromatic rings. The van der Waals surface area contributed by atoms with Crippen LogP contribution >= 0.6 is 11.6 Å². The summed E-state index contributed by atoms with van der Waals surface area (Å²) in [5, 5.41) is -0.353. The highest BCUT2D eigenvalue weighted by atomic mass is 35.5. The van der Waals surface area contributed by atoms with Crippen molar-refractivity contribution in [1.29, 1.82) is 0 Å². The number of hydrogen-bond acceptors (Lipinski definition) is 4. The Labute approximate surface area is 104 Å². The van der Waals surface area contributed by atoms with E-state index in [-0.39, 0.29) is 5.38 Å². The molecule has 0 spiro atoms. The number of carbonyl (C=O) groups is 2. The number of hydrogen-bond donors (Lipinski definition) is 0. The predicted octanol–water partition coefficient (Wildman–Crippen LogP) is 1.73. The standard InChI is InChI=1S/C12H13ClO4/c1-12(2)9(13)4-6-10(15)7(14)5-8(16-3)11(6)17-12/h5,9H,4H2,1-3H3/t9-/m0/s1. The van der Waals surface area contributed by atoms with Gasteiger partial charge in [-0.3, -0.25) is 9.59 Å². The summed E-state index contributed by atoms with van der Waals surface area (Å²) in [6, 6.07) is 0. The molecule has 0 bridgehead atoms. The van der Waals surface area contributed by atoms with E-state index in [0.717, 1.165) is 6.08 Å². The Morgan fingerprint density at radius 3 is 2.71 bits per heavy atom. The number of ketones is 2. The summed E-state index contributed by atoms with van der Waals surface area (Å²) in [4.78, 5) is 23.2. The van der Waals surface area contributed by atoms with Crippen molar-refractivity contribution in [3.05, 3.63) is 23.2 Å². The van der Waals surface area contributed by atoms with Gasteiger partial charge in [-0.1, -0.05) is 0 Å². The Hall–Kier alpha value is -1.29. The molecule has 0 amide bonds. The Balaban J connectivity index is 2.49. The second-order valence-electron chi connectivity index (χ2n) is 4.59. The number of allylic oxidation sites excluding steroid dienone is 2. The average molecular weight is 257 g/mol. The van der Waals surface area contributed by atoms with E-state index >= 15 is 0 Å². The lowest BCUT2D eigenvalue weighted by atomic mass is 9.87. The molecule has 4 nitrogen and oxygen atoms in total. The maximum absolute atomic E-state index is 11.7. The third-order valence-corrected chi connectivity index (χ3v) is 3.66. The number of halogens is 1. The van der Waals surface area contributed by atoms with Gasteiger partial charge in [0.15, 0.2) is 11.5 Å². The molecule has 17 heavy (non-hydrogen) atoms. The van der Waals surface area contributed by atoms with Gasteiger partial charge in [-0.2, -0.15) is 0 Å². The maximum atomic E-state index is 11.7. The van der Waals surface area contributed by atoms with Crippen LogP contribution in [0.3, 0.4) is 0 Å². The predicted molar refractivity (Wildman–Crippen MR) is 61.6 cm³/mol. The van der Waals surface area contributed by atoms with Crippen LogP contribution in [-0.4, -0.2) is 29.7 Å². The van der Waals surface area contributed by atoms with Crippen molar-refractivity contribution >= 4 is 23.2 Å². The minimum Gasteiger partial charge on any atom is -0.493 e. The molecule has 0 radical (unpaired) electrons. The van der Waals surface area contributed by atoms with Crippen LogP contribution in [0.2, 0.25) is 0 Å². The molecule has 1 aliphatic heterocycles. The molecule has 92 valence electrons. The molecule has 1 heterocycles. The van der Waals surface area contributed by atoms with E-state index < -0.39 is 17.2 Å². The lowest BCUT2D eigenvalue weighted by molar-refractivity contribution is -0.133. The van der Waals surface area contributed by atoms with Gasteiger partial charge < -0.3 is 9.47 Å². The van der Waals surface area contributed by atoms with Crippen LogP contribution < -0.4 is 0 Å². The van der Waals surface area contributed by atoms with E-state index in [1.165, 1.54) is 7.11 Å². The summed E-state index contributed by atoms with van der Waals surface area (Å²) in [5.41, 5.74) is -0.285. The van der Waals surface area contributed by atoms with E-state index in [1.807, 2.05) is 13.8 Å². The van der Waals surface area contributed by atoms with E-state index in [9.17, 15) is 9.59 Å². The van der Waals surface area contributed by atoms with Crippen LogP contribution in [0, 0.1) is 0 Å². The second kappa shape index (κ2) is 3.88. The minimum absolute atomic E-state index is 0.293. The van der Waals surface area contributed by atoms with E-state index in [4.69, 9.17) is 21.1 Å². The summed E-state index contributed by atoms with van der Waals surface area (Å²) in [6.07, 6.45) is 1.47. The molecule has 0 aromatic heterocycles. The fourth-order valence-electron chi connectivity index (χ4n) is 1.85. The molecular weight excluding hydrogens is 244 g/mol. The molecule has 0 unspecified atom stereocenters. The van der Waals surface area contributed by atoms with Gasteiger partial charge in [0, 0.05) is 12.5 Å². The summed E-state index contributed by atoms with van der Waals surface area (Å²) in [6.45, 7) is 3.67. The monoisotopic (exact) mass is 256 g/mol. The van der Waals surface area contributed by atoms with Crippen molar-refractivity contribution in [2.24, 2.45) is 0 Å². The van der Waals surface area contributed by atoms with E-state index in [1.54, 1.807) is 0 Å². The summed E-state index contributed by atoms with van der Waals surface area (Å²) in [5.74, 6) is -0.505. The van der Waals surface area contributed by atoms with Gasteiger partial charge in [0.25, 0.3) is 0 Å². The number of ether oxygens (including phenoxy) is 2. The number of alkyl halides is 1. The van der Waals surface area contributed by atoms with Gasteiger partial charge in [-0.15, -0.1) is 11.6 Å². The zero-order valence-corrected chi connectivity index (χ0v) is 10.6.